The molecule has 7 nitrogen and oxygen atoms in total. The van der Waals surface area contributed by atoms with Crippen molar-refractivity contribution in [2.24, 2.45) is 0 Å². The number of rotatable bonds is 10. The number of ether oxygens (including phenoxy) is 1. The predicted octanol–water partition coefficient (Wildman–Crippen LogP) is 6.57. The molecule has 0 saturated carbocycles. The molecule has 0 bridgehead atoms. The second-order valence-electron chi connectivity index (χ2n) is 9.07. The zero-order valence-corrected chi connectivity index (χ0v) is 21.7. The lowest BCUT2D eigenvalue weighted by Crippen LogP contribution is -2.33. The van der Waals surface area contributed by atoms with Crippen molar-refractivity contribution in [2.45, 2.75) is 45.2 Å². The molecule has 1 saturated heterocycles. The summed E-state index contributed by atoms with van der Waals surface area (Å²) in [6.07, 6.45) is -2.11. The largest absolute Gasteiger partial charge is 0.493 e. The first-order valence-electron chi connectivity index (χ1n) is 12.4. The number of hydrogen-bond donors (Lipinski definition) is 0. The summed E-state index contributed by atoms with van der Waals surface area (Å²) in [5.41, 5.74) is -1.55. The van der Waals surface area contributed by atoms with Crippen LogP contribution in [-0.2, 0) is 17.4 Å². The van der Waals surface area contributed by atoms with E-state index < -0.39 is 29.2 Å². The van der Waals surface area contributed by atoms with Crippen molar-refractivity contribution in [3.8, 4) is 5.75 Å². The van der Waals surface area contributed by atoms with Gasteiger partial charge in [0, 0.05) is 29.2 Å². The Labute approximate surface area is 225 Å². The van der Waals surface area contributed by atoms with Gasteiger partial charge in [-0.3, -0.25) is 14.6 Å². The minimum absolute atomic E-state index is 0.132. The first-order chi connectivity index (χ1) is 18.5. The van der Waals surface area contributed by atoms with Crippen LogP contribution in [0.4, 0.5) is 28.0 Å². The summed E-state index contributed by atoms with van der Waals surface area (Å²) in [5.74, 6) is -0.666. The molecule has 39 heavy (non-hydrogen) atoms. The lowest BCUT2D eigenvalue weighted by molar-refractivity contribution is -0.136. The number of carbonyl (C=O) groups excluding carboxylic acids is 2. The normalized spacial score (nSPS) is 14.1. The molecule has 208 valence electrons. The van der Waals surface area contributed by atoms with E-state index in [1.807, 2.05) is 6.92 Å². The van der Waals surface area contributed by atoms with Crippen LogP contribution in [-0.4, -0.2) is 36.5 Å². The summed E-state index contributed by atoms with van der Waals surface area (Å²) >= 11 is 5.79. The van der Waals surface area contributed by atoms with Crippen LogP contribution in [0.5, 0.6) is 5.75 Å². The number of hydrogen-bond acceptors (Lipinski definition) is 5. The van der Waals surface area contributed by atoms with Crippen molar-refractivity contribution in [3.05, 3.63) is 68.8 Å². The number of anilines is 1. The molecule has 3 aromatic rings. The second-order valence-corrected chi connectivity index (χ2v) is 9.47. The molecule has 1 aromatic heterocycles. The Hall–Kier alpha value is -3.60. The van der Waals surface area contributed by atoms with Crippen molar-refractivity contribution >= 4 is 40.2 Å². The molecule has 1 aliphatic rings. The van der Waals surface area contributed by atoms with E-state index in [2.05, 4.69) is 0 Å². The van der Waals surface area contributed by atoms with Crippen LogP contribution < -0.4 is 15.3 Å². The predicted molar refractivity (Wildman–Crippen MR) is 137 cm³/mol. The van der Waals surface area contributed by atoms with Gasteiger partial charge in [-0.15, -0.1) is 0 Å². The molecule has 2 heterocycles. The number of halogens is 5. The lowest BCUT2D eigenvalue weighted by atomic mass is 10.0. The van der Waals surface area contributed by atoms with Crippen LogP contribution in [0.25, 0.3) is 11.0 Å². The quantitative estimate of drug-likeness (QED) is 0.120. The summed E-state index contributed by atoms with van der Waals surface area (Å²) in [6, 6.07) is 6.41. The van der Waals surface area contributed by atoms with E-state index in [0.29, 0.717) is 55.2 Å². The van der Waals surface area contributed by atoms with E-state index in [1.165, 1.54) is 29.2 Å². The van der Waals surface area contributed by atoms with E-state index >= 15 is 0 Å². The third-order valence-corrected chi connectivity index (χ3v) is 6.62. The average molecular weight is 569 g/mol. The molecule has 1 fully saturated rings. The Morgan fingerprint density at radius 3 is 2.51 bits per heavy atom. The average Bonchev–Trinajstić information content (AvgIpc) is 3.16. The standard InChI is InChI=1S/C27H25ClF4N2O5/c1-2-6-18-22(10-8-17-19(27(30,31)32)14-24(36)39-25(17)18)38-12-5-3-4-11-33-23(35)15-34(26(33)37)16-7-9-21(29)20(28)13-16/h7-10,13-14H,2-6,11-12,15H2,1H3. The number of aryl methyl sites for hydroxylation is 1. The summed E-state index contributed by atoms with van der Waals surface area (Å²) in [6.45, 7) is 2.10. The molecular weight excluding hydrogens is 544 g/mol. The Morgan fingerprint density at radius 1 is 1.05 bits per heavy atom. The highest BCUT2D eigenvalue weighted by atomic mass is 35.5. The molecule has 0 radical (unpaired) electrons. The maximum absolute atomic E-state index is 13.5. The van der Waals surface area contributed by atoms with Crippen LogP contribution in [0.15, 0.2) is 45.6 Å². The molecule has 0 aliphatic carbocycles. The molecular formula is C27H25ClF4N2O5. The number of imide groups is 1. The number of benzene rings is 2. The highest BCUT2D eigenvalue weighted by molar-refractivity contribution is 6.31. The van der Waals surface area contributed by atoms with E-state index in [0.717, 1.165) is 11.0 Å². The summed E-state index contributed by atoms with van der Waals surface area (Å²) < 4.78 is 64.8. The summed E-state index contributed by atoms with van der Waals surface area (Å²) in [5, 5.41) is -0.350. The number of carbonyl (C=O) groups is 2. The number of fused-ring (bicyclic) bond motifs is 1. The fraction of sp³-hybridized carbons (Fsp3) is 0.370. The van der Waals surface area contributed by atoms with Gasteiger partial charge in [-0.2, -0.15) is 13.2 Å². The molecule has 0 unspecified atom stereocenters. The summed E-state index contributed by atoms with van der Waals surface area (Å²) in [7, 11) is 0. The lowest BCUT2D eigenvalue weighted by Gasteiger charge is -2.17. The van der Waals surface area contributed by atoms with Crippen molar-refractivity contribution in [1.82, 2.24) is 4.90 Å². The first-order valence-corrected chi connectivity index (χ1v) is 12.8. The second kappa shape index (κ2) is 11.6. The molecule has 3 amide bonds. The highest BCUT2D eigenvalue weighted by Gasteiger charge is 2.37. The van der Waals surface area contributed by atoms with Crippen LogP contribution in [0.3, 0.4) is 0 Å². The van der Waals surface area contributed by atoms with Crippen LogP contribution in [0.1, 0.15) is 43.7 Å². The topological polar surface area (TPSA) is 80.1 Å². The zero-order valence-electron chi connectivity index (χ0n) is 20.9. The molecule has 0 N–H and O–H groups in total. The monoisotopic (exact) mass is 568 g/mol. The fourth-order valence-corrected chi connectivity index (χ4v) is 4.64. The minimum atomic E-state index is -4.71. The van der Waals surface area contributed by atoms with Gasteiger partial charge in [-0.1, -0.05) is 24.9 Å². The van der Waals surface area contributed by atoms with E-state index in [9.17, 15) is 31.9 Å². The Bertz CT molecular complexity index is 1460. The van der Waals surface area contributed by atoms with Crippen molar-refractivity contribution < 1.29 is 36.3 Å². The van der Waals surface area contributed by atoms with E-state index in [1.54, 1.807) is 0 Å². The van der Waals surface area contributed by atoms with Gasteiger partial charge in [0.15, 0.2) is 0 Å². The number of nitrogens with zero attached hydrogens (tertiary/aromatic N) is 2. The molecule has 0 spiro atoms. The van der Waals surface area contributed by atoms with Gasteiger partial charge in [-0.25, -0.2) is 14.0 Å². The van der Waals surface area contributed by atoms with Gasteiger partial charge in [0.25, 0.3) is 5.91 Å². The van der Waals surface area contributed by atoms with Crippen LogP contribution >= 0.6 is 11.6 Å². The number of alkyl halides is 3. The molecule has 1 aliphatic heterocycles. The van der Waals surface area contributed by atoms with Crippen LogP contribution in [0.2, 0.25) is 5.02 Å². The summed E-state index contributed by atoms with van der Waals surface area (Å²) in [4.78, 5) is 39.3. The molecule has 12 heteroatoms. The number of amides is 3. The first kappa shape index (κ1) is 28.4. The molecule has 4 rings (SSSR count). The van der Waals surface area contributed by atoms with Crippen molar-refractivity contribution in [3.63, 3.8) is 0 Å². The number of unbranched alkanes of at least 4 members (excludes halogenated alkanes) is 2. The smallest absolute Gasteiger partial charge is 0.417 e. The van der Waals surface area contributed by atoms with E-state index in [4.69, 9.17) is 20.8 Å². The molecule has 2 aromatic carbocycles. The van der Waals surface area contributed by atoms with Gasteiger partial charge < -0.3 is 9.15 Å². The number of urea groups is 1. The van der Waals surface area contributed by atoms with Crippen molar-refractivity contribution in [2.75, 3.05) is 24.6 Å². The van der Waals surface area contributed by atoms with E-state index in [-0.39, 0.29) is 41.6 Å². The van der Waals surface area contributed by atoms with Crippen LogP contribution in [0, 0.1) is 5.82 Å². The Kier molecular flexibility index (Phi) is 8.48. The third-order valence-electron chi connectivity index (χ3n) is 6.33. The highest BCUT2D eigenvalue weighted by Crippen LogP contribution is 2.37. The SMILES string of the molecule is CCCc1c(OCCCCCN2C(=O)CN(c3ccc(F)c(Cl)c3)C2=O)ccc2c(C(F)(F)F)cc(=O)oc12. The zero-order chi connectivity index (χ0) is 28.3. The Balaban J connectivity index is 1.34. The Morgan fingerprint density at radius 2 is 1.82 bits per heavy atom. The molecule has 0 atom stereocenters. The fourth-order valence-electron chi connectivity index (χ4n) is 4.47. The van der Waals surface area contributed by atoms with Crippen molar-refractivity contribution in [1.29, 1.82) is 0 Å². The van der Waals surface area contributed by atoms with Gasteiger partial charge in [-0.05, 0) is 56.0 Å². The van der Waals surface area contributed by atoms with Gasteiger partial charge in [0.1, 0.15) is 23.7 Å². The van der Waals surface area contributed by atoms with Gasteiger partial charge in [0.05, 0.1) is 17.2 Å². The minimum Gasteiger partial charge on any atom is -0.493 e. The maximum atomic E-state index is 13.5. The van der Waals surface area contributed by atoms with Gasteiger partial charge >= 0.3 is 17.8 Å². The maximum Gasteiger partial charge on any atom is 0.417 e. The van der Waals surface area contributed by atoms with Gasteiger partial charge in [0.2, 0.25) is 0 Å². The third kappa shape index (κ3) is 6.19.